The SMILES string of the molecule is C[CH]CC(=O)c1ccc(F)cc1. The van der Waals surface area contributed by atoms with Gasteiger partial charge in [0, 0.05) is 12.0 Å². The van der Waals surface area contributed by atoms with E-state index in [4.69, 9.17) is 0 Å². The topological polar surface area (TPSA) is 17.1 Å². The first kappa shape index (κ1) is 8.91. The van der Waals surface area contributed by atoms with Crippen molar-refractivity contribution in [3.05, 3.63) is 42.1 Å². The van der Waals surface area contributed by atoms with Crippen LogP contribution in [0.1, 0.15) is 23.7 Å². The second-order valence-electron chi connectivity index (χ2n) is 2.54. The molecule has 0 aliphatic carbocycles. The lowest BCUT2D eigenvalue weighted by molar-refractivity contribution is 0.0992. The summed E-state index contributed by atoms with van der Waals surface area (Å²) in [7, 11) is 0. The number of hydrogen-bond donors (Lipinski definition) is 0. The summed E-state index contributed by atoms with van der Waals surface area (Å²) in [6.45, 7) is 1.82. The van der Waals surface area contributed by atoms with Gasteiger partial charge in [0.2, 0.25) is 0 Å². The number of halogens is 1. The second-order valence-corrected chi connectivity index (χ2v) is 2.54. The fourth-order valence-electron chi connectivity index (χ4n) is 0.939. The molecule has 0 aliphatic rings. The average molecular weight is 165 g/mol. The van der Waals surface area contributed by atoms with Gasteiger partial charge in [-0.2, -0.15) is 0 Å². The second kappa shape index (κ2) is 4.00. The van der Waals surface area contributed by atoms with E-state index in [1.807, 2.05) is 6.92 Å². The fourth-order valence-corrected chi connectivity index (χ4v) is 0.939. The van der Waals surface area contributed by atoms with E-state index in [1.54, 1.807) is 6.42 Å². The van der Waals surface area contributed by atoms with Crippen molar-refractivity contribution in [1.29, 1.82) is 0 Å². The van der Waals surface area contributed by atoms with E-state index in [0.717, 1.165) is 0 Å². The molecular formula is C10H10FO. The summed E-state index contributed by atoms with van der Waals surface area (Å²) in [6, 6.07) is 5.59. The van der Waals surface area contributed by atoms with Gasteiger partial charge in [0.25, 0.3) is 0 Å². The molecular weight excluding hydrogens is 155 g/mol. The Bertz CT molecular complexity index is 264. The van der Waals surface area contributed by atoms with Crippen molar-refractivity contribution in [3.8, 4) is 0 Å². The predicted octanol–water partition coefficient (Wildman–Crippen LogP) is 2.62. The predicted molar refractivity (Wildman–Crippen MR) is 45.3 cm³/mol. The smallest absolute Gasteiger partial charge is 0.163 e. The van der Waals surface area contributed by atoms with E-state index in [1.165, 1.54) is 24.3 Å². The van der Waals surface area contributed by atoms with Gasteiger partial charge >= 0.3 is 0 Å². The number of ketones is 1. The highest BCUT2D eigenvalue weighted by atomic mass is 19.1. The third-order valence-electron chi connectivity index (χ3n) is 1.56. The number of carbonyl (C=O) groups excluding carboxylic acids is 1. The van der Waals surface area contributed by atoms with Crippen molar-refractivity contribution in [2.45, 2.75) is 13.3 Å². The summed E-state index contributed by atoms with van der Waals surface area (Å²) in [5.41, 5.74) is 0.564. The summed E-state index contributed by atoms with van der Waals surface area (Å²) in [5.74, 6) is -0.287. The minimum Gasteiger partial charge on any atom is -0.294 e. The van der Waals surface area contributed by atoms with Gasteiger partial charge in [-0.1, -0.05) is 6.92 Å². The molecule has 0 amide bonds. The molecule has 1 aromatic carbocycles. The Labute approximate surface area is 71.2 Å². The first-order chi connectivity index (χ1) is 5.74. The Morgan fingerprint density at radius 1 is 1.42 bits per heavy atom. The number of rotatable bonds is 3. The number of benzene rings is 1. The lowest BCUT2D eigenvalue weighted by atomic mass is 10.1. The zero-order valence-electron chi connectivity index (χ0n) is 6.88. The van der Waals surface area contributed by atoms with Gasteiger partial charge in [-0.25, -0.2) is 4.39 Å². The van der Waals surface area contributed by atoms with Crippen molar-refractivity contribution in [3.63, 3.8) is 0 Å². The molecule has 0 fully saturated rings. The standard InChI is InChI=1S/C10H10FO/c1-2-3-10(12)8-4-6-9(11)7-5-8/h2,4-7H,3H2,1H3. The van der Waals surface area contributed by atoms with E-state index in [9.17, 15) is 9.18 Å². The highest BCUT2D eigenvalue weighted by molar-refractivity contribution is 5.96. The van der Waals surface area contributed by atoms with Crippen molar-refractivity contribution < 1.29 is 9.18 Å². The molecule has 0 aliphatic heterocycles. The quantitative estimate of drug-likeness (QED) is 0.629. The number of Topliss-reactive ketones (excluding diaryl/α,β-unsaturated/α-hetero) is 1. The molecule has 0 N–H and O–H groups in total. The van der Waals surface area contributed by atoms with Crippen molar-refractivity contribution in [2.75, 3.05) is 0 Å². The third kappa shape index (κ3) is 2.16. The zero-order chi connectivity index (χ0) is 8.97. The normalized spacial score (nSPS) is 9.83. The van der Waals surface area contributed by atoms with Crippen LogP contribution in [0.4, 0.5) is 4.39 Å². The van der Waals surface area contributed by atoms with Crippen LogP contribution in [0.2, 0.25) is 0 Å². The minimum absolute atomic E-state index is 0.0255. The minimum atomic E-state index is -0.313. The highest BCUT2D eigenvalue weighted by Gasteiger charge is 2.03. The molecule has 1 aromatic rings. The Hall–Kier alpha value is -1.18. The number of hydrogen-bond acceptors (Lipinski definition) is 1. The van der Waals surface area contributed by atoms with Gasteiger partial charge in [-0.3, -0.25) is 4.79 Å². The maximum absolute atomic E-state index is 12.4. The average Bonchev–Trinajstić information content (AvgIpc) is 2.06. The van der Waals surface area contributed by atoms with Gasteiger partial charge in [0.15, 0.2) is 5.78 Å². The van der Waals surface area contributed by atoms with Gasteiger partial charge in [-0.05, 0) is 30.7 Å². The number of carbonyl (C=O) groups is 1. The Kier molecular flexibility index (Phi) is 2.97. The van der Waals surface area contributed by atoms with E-state index < -0.39 is 0 Å². The zero-order valence-corrected chi connectivity index (χ0v) is 6.88. The lowest BCUT2D eigenvalue weighted by Gasteiger charge is -1.97. The first-order valence-corrected chi connectivity index (χ1v) is 3.80. The summed E-state index contributed by atoms with van der Waals surface area (Å²) in [5, 5.41) is 0. The van der Waals surface area contributed by atoms with Crippen LogP contribution < -0.4 is 0 Å². The Balaban J connectivity index is 2.75. The van der Waals surface area contributed by atoms with Crippen molar-refractivity contribution >= 4 is 5.78 Å². The van der Waals surface area contributed by atoms with Crippen LogP contribution in [0.15, 0.2) is 24.3 Å². The molecule has 2 heteroatoms. The lowest BCUT2D eigenvalue weighted by Crippen LogP contribution is -1.97. The molecule has 12 heavy (non-hydrogen) atoms. The third-order valence-corrected chi connectivity index (χ3v) is 1.56. The first-order valence-electron chi connectivity index (χ1n) is 3.80. The van der Waals surface area contributed by atoms with Crippen LogP contribution in [0.5, 0.6) is 0 Å². The molecule has 0 aromatic heterocycles. The maximum atomic E-state index is 12.4. The van der Waals surface area contributed by atoms with E-state index >= 15 is 0 Å². The van der Waals surface area contributed by atoms with E-state index in [-0.39, 0.29) is 11.6 Å². The van der Waals surface area contributed by atoms with Gasteiger partial charge < -0.3 is 0 Å². The Morgan fingerprint density at radius 3 is 2.50 bits per heavy atom. The highest BCUT2D eigenvalue weighted by Crippen LogP contribution is 2.06. The van der Waals surface area contributed by atoms with Gasteiger partial charge in [0.05, 0.1) is 0 Å². The molecule has 0 unspecified atom stereocenters. The molecule has 63 valence electrons. The molecule has 0 saturated heterocycles. The molecule has 0 spiro atoms. The summed E-state index contributed by atoms with van der Waals surface area (Å²) in [4.78, 5) is 11.2. The molecule has 0 bridgehead atoms. The maximum Gasteiger partial charge on any atom is 0.163 e. The molecule has 1 rings (SSSR count). The van der Waals surface area contributed by atoms with Crippen LogP contribution in [-0.2, 0) is 0 Å². The molecule has 1 radical (unpaired) electrons. The summed E-state index contributed by atoms with van der Waals surface area (Å²) >= 11 is 0. The largest absolute Gasteiger partial charge is 0.294 e. The van der Waals surface area contributed by atoms with Gasteiger partial charge in [0.1, 0.15) is 5.82 Å². The molecule has 1 nitrogen and oxygen atoms in total. The van der Waals surface area contributed by atoms with Crippen LogP contribution in [0.3, 0.4) is 0 Å². The molecule has 0 heterocycles. The monoisotopic (exact) mass is 165 g/mol. The van der Waals surface area contributed by atoms with Gasteiger partial charge in [-0.15, -0.1) is 0 Å². The summed E-state index contributed by atoms with van der Waals surface area (Å²) < 4.78 is 12.4. The Morgan fingerprint density at radius 2 is 2.00 bits per heavy atom. The fraction of sp³-hybridized carbons (Fsp3) is 0.200. The van der Waals surface area contributed by atoms with Crippen LogP contribution in [-0.4, -0.2) is 5.78 Å². The van der Waals surface area contributed by atoms with Crippen LogP contribution >= 0.6 is 0 Å². The molecule has 0 saturated carbocycles. The van der Waals surface area contributed by atoms with Crippen molar-refractivity contribution in [1.82, 2.24) is 0 Å². The van der Waals surface area contributed by atoms with Crippen LogP contribution in [0.25, 0.3) is 0 Å². The van der Waals surface area contributed by atoms with E-state index in [0.29, 0.717) is 12.0 Å². The van der Waals surface area contributed by atoms with Crippen LogP contribution in [0, 0.1) is 12.2 Å². The molecule has 0 atom stereocenters. The summed E-state index contributed by atoms with van der Waals surface area (Å²) in [6.07, 6.45) is 2.19. The van der Waals surface area contributed by atoms with E-state index in [2.05, 4.69) is 0 Å². The van der Waals surface area contributed by atoms with Crippen molar-refractivity contribution in [2.24, 2.45) is 0 Å².